The van der Waals surface area contributed by atoms with Gasteiger partial charge in [-0.2, -0.15) is 0 Å². The van der Waals surface area contributed by atoms with Crippen LogP contribution in [-0.2, 0) is 125 Å². The third kappa shape index (κ3) is 31.1. The van der Waals surface area contributed by atoms with Crippen LogP contribution in [-0.4, -0.2) is 269 Å². The number of carbonyl (C=O) groups excluding carboxylic acids is 16. The molecule has 0 bridgehead atoms. The van der Waals surface area contributed by atoms with Gasteiger partial charge in [-0.3, -0.25) is 76.7 Å². The molecule has 7 aromatic rings. The summed E-state index contributed by atoms with van der Waals surface area (Å²) in [6, 6.07) is 31.5. The predicted octanol–water partition coefficient (Wildman–Crippen LogP) is 4.43. The normalized spacial score (nSPS) is 22.0. The fourth-order valence-electron chi connectivity index (χ4n) is 15.4. The van der Waals surface area contributed by atoms with Gasteiger partial charge in [0.15, 0.2) is 11.6 Å². The number of unbranched alkanes of at least 4 members (excludes halogenated alkanes) is 1. The van der Waals surface area contributed by atoms with Crippen LogP contribution in [0.3, 0.4) is 0 Å². The lowest BCUT2D eigenvalue weighted by Gasteiger charge is -2.37. The summed E-state index contributed by atoms with van der Waals surface area (Å²) >= 11 is 0.878. The molecule has 33 nitrogen and oxygen atoms in total. The number of H-pyrrole nitrogens is 1. The van der Waals surface area contributed by atoms with E-state index < -0.39 is 212 Å². The second kappa shape index (κ2) is 50.4. The molecule has 0 unspecified atom stereocenters. The van der Waals surface area contributed by atoms with Crippen LogP contribution in [0.2, 0.25) is 0 Å². The predicted molar refractivity (Wildman–Crippen MR) is 482 cm³/mol. The summed E-state index contributed by atoms with van der Waals surface area (Å²) in [5.74, 6) is -16.2. The van der Waals surface area contributed by atoms with Crippen LogP contribution < -0.4 is 37.6 Å². The van der Waals surface area contributed by atoms with Crippen molar-refractivity contribution in [3.63, 3.8) is 0 Å². The van der Waals surface area contributed by atoms with Crippen molar-refractivity contribution in [1.29, 1.82) is 0 Å². The number of rotatable bonds is 26. The number of carbonyl (C=O) groups is 16. The van der Waals surface area contributed by atoms with E-state index in [1.165, 1.54) is 101 Å². The standard InChI is InChI=1S/C95H119N13O20S/c1-10-11-31-79-94(125)104(4)52-70(112)48-66(55-128-58-109)83(114)50-67(54-127-9)91(122)107(7)80(46-61-25-17-13-18-26-61)90(121)102-76(45-64-34-38-69(111)39-35-64)92(123)105(5)53-85(116)98-75(49-65-51-97-72-30-22-21-29-71(65)72)89(120)101-74(43-63-32-36-68(110)37-33-63)88(119)100-73(42-59(2)3)87(118)103-78(82(113)40-41-84(96)115)56-129-57-86(117)99-77(44-60-23-15-12-16-24-60)93(124)108(8)81(95(126)106(79)6)47-62-27-19-14-20-28-62/h12-30,32-39,51,58-59,66-67,73-81,97,110-111H,10-11,31,40-50,52-57H2,1-9H3,(H2,96,115)(H,98,116)(H,99,117)(H,100,119)(H,101,120)(H,102,121)(H,103,118)/t66-,67-,73-,74-,75-,76-,77-,78-,79-,80-,81-/m0/s1. The summed E-state index contributed by atoms with van der Waals surface area (Å²) in [5, 5.41) is 38.1. The van der Waals surface area contributed by atoms with Crippen LogP contribution in [0.4, 0.5) is 0 Å². The molecular weight excluding hydrogens is 1680 g/mol. The zero-order valence-corrected chi connectivity index (χ0v) is 75.1. The van der Waals surface area contributed by atoms with Gasteiger partial charge in [-0.25, -0.2) is 0 Å². The van der Waals surface area contributed by atoms with Crippen molar-refractivity contribution in [2.24, 2.45) is 23.5 Å². The molecule has 1 fully saturated rings. The number of ketones is 3. The van der Waals surface area contributed by atoms with E-state index >= 15 is 38.4 Å². The molecule has 12 amide bonds. The first-order chi connectivity index (χ1) is 61.6. The quantitative estimate of drug-likeness (QED) is 0.0335. The van der Waals surface area contributed by atoms with Gasteiger partial charge in [-0.1, -0.05) is 167 Å². The van der Waals surface area contributed by atoms with E-state index in [9.17, 15) is 48.6 Å². The molecule has 129 heavy (non-hydrogen) atoms. The Labute approximate surface area is 754 Å². The Morgan fingerprint density at radius 3 is 1.55 bits per heavy atom. The Bertz CT molecular complexity index is 5010. The van der Waals surface area contributed by atoms with Crippen molar-refractivity contribution in [1.82, 2.24) is 61.4 Å². The zero-order valence-electron chi connectivity index (χ0n) is 74.3. The van der Waals surface area contributed by atoms with Crippen LogP contribution in [0.15, 0.2) is 170 Å². The number of thioether (sulfide) groups is 1. The van der Waals surface area contributed by atoms with Crippen LogP contribution in [0.1, 0.15) is 106 Å². The number of ether oxygens (including phenoxy) is 2. The highest BCUT2D eigenvalue weighted by atomic mass is 32.2. The maximum absolute atomic E-state index is 15.5. The van der Waals surface area contributed by atoms with Crippen LogP contribution in [0.5, 0.6) is 11.5 Å². The number of primary amides is 1. The highest BCUT2D eigenvalue weighted by Crippen LogP contribution is 2.26. The molecule has 0 saturated carbocycles. The number of nitrogens with two attached hydrogens (primary N) is 1. The molecule has 0 radical (unpaired) electrons. The highest BCUT2D eigenvalue weighted by Gasteiger charge is 2.42. The number of phenolic OH excluding ortho intramolecular Hbond substituents is 2. The lowest BCUT2D eigenvalue weighted by atomic mass is 9.90. The van der Waals surface area contributed by atoms with Gasteiger partial charge in [-0.05, 0) is 82.5 Å². The van der Waals surface area contributed by atoms with E-state index in [4.69, 9.17) is 15.2 Å². The molecule has 2 heterocycles. The molecule has 34 heteroatoms. The first kappa shape index (κ1) is 101. The number of likely N-dealkylation sites (N-methyl/N-ethyl adjacent to an activating group) is 5. The van der Waals surface area contributed by atoms with E-state index in [1.54, 1.807) is 135 Å². The number of aromatic nitrogens is 1. The van der Waals surface area contributed by atoms with Crippen molar-refractivity contribution in [3.8, 4) is 11.5 Å². The SMILES string of the molecule is CCCC[C@H]1C(=O)N(C)CC(=O)C[C@@H](COC=O)C(=O)C[C@@H](COC)C(=O)N(C)[C@@H](Cc2ccccc2)C(=O)N[C@@H](Cc2ccc(O)cc2)C(=O)N(C)CC(=O)N[C@@H](Cc2c[nH]c3ccccc23)C(=O)N[C@@H](Cc2ccc(O)cc2)C(=O)N[C@@H](CC(C)C)C(=O)N[C@H](C(=O)CCC(N)=O)CSCC(=O)N[C@@H](Cc2ccccc2)C(=O)N(C)[C@@H](Cc2ccccc2)C(=O)N1C. The summed E-state index contributed by atoms with van der Waals surface area (Å²) in [5.41, 5.74) is 9.30. The topological polar surface area (TPSA) is 462 Å². The van der Waals surface area contributed by atoms with Gasteiger partial charge in [0.2, 0.25) is 70.9 Å². The molecule has 1 aromatic heterocycles. The second-order valence-corrected chi connectivity index (χ2v) is 34.1. The summed E-state index contributed by atoms with van der Waals surface area (Å²) in [4.78, 5) is 243. The van der Waals surface area contributed by atoms with Gasteiger partial charge in [0.1, 0.15) is 72.2 Å². The van der Waals surface area contributed by atoms with Gasteiger partial charge in [0.25, 0.3) is 6.47 Å². The molecule has 1 aliphatic heterocycles. The second-order valence-electron chi connectivity index (χ2n) is 33.1. The highest BCUT2D eigenvalue weighted by molar-refractivity contribution is 8.00. The number of aromatic amines is 1. The third-order valence-electron chi connectivity index (χ3n) is 22.5. The Hall–Kier alpha value is -13.1. The molecule has 0 spiro atoms. The van der Waals surface area contributed by atoms with Crippen LogP contribution in [0, 0.1) is 17.8 Å². The first-order valence-electron chi connectivity index (χ1n) is 43.0. The number of methoxy groups -OCH3 is 1. The van der Waals surface area contributed by atoms with Gasteiger partial charge in [0.05, 0.1) is 43.3 Å². The Morgan fingerprint density at radius 1 is 0.496 bits per heavy atom. The van der Waals surface area contributed by atoms with Crippen molar-refractivity contribution < 1.29 is 96.4 Å². The fraction of sp³-hybridized carbons (Fsp3) is 0.432. The number of benzene rings is 6. The van der Waals surface area contributed by atoms with E-state index in [0.717, 1.165) is 26.5 Å². The van der Waals surface area contributed by atoms with Gasteiger partial charge in [0, 0.05) is 129 Å². The number of nitrogens with zero attached hydrogens (tertiary/aromatic N) is 5. The lowest BCUT2D eigenvalue weighted by molar-refractivity contribution is -0.151. The summed E-state index contributed by atoms with van der Waals surface area (Å²) in [6.07, 6.45) is -0.749. The maximum Gasteiger partial charge on any atom is 0.293 e. The van der Waals surface area contributed by atoms with Gasteiger partial charge >= 0.3 is 0 Å². The molecule has 6 aromatic carbocycles. The monoisotopic (exact) mass is 1790 g/mol. The minimum Gasteiger partial charge on any atom is -0.508 e. The van der Waals surface area contributed by atoms with Crippen LogP contribution in [0.25, 0.3) is 10.9 Å². The van der Waals surface area contributed by atoms with E-state index in [2.05, 4.69) is 36.9 Å². The molecule has 8 rings (SSSR count). The van der Waals surface area contributed by atoms with E-state index in [1.807, 2.05) is 6.92 Å². The van der Waals surface area contributed by atoms with Crippen LogP contribution >= 0.6 is 11.8 Å². The summed E-state index contributed by atoms with van der Waals surface area (Å²) in [6.45, 7) is 3.00. The largest absolute Gasteiger partial charge is 0.508 e. The summed E-state index contributed by atoms with van der Waals surface area (Å²) < 4.78 is 10.7. The Morgan fingerprint density at radius 2 is 0.984 bits per heavy atom. The van der Waals surface area contributed by atoms with Crippen molar-refractivity contribution in [3.05, 3.63) is 203 Å². The Kier molecular flexibility index (Phi) is 39.6. The first-order valence-corrected chi connectivity index (χ1v) is 44.1. The van der Waals surface area contributed by atoms with Crippen molar-refractivity contribution in [2.75, 3.05) is 80.2 Å². The molecular formula is C95H119N13O20S. The number of amides is 12. The number of Topliss-reactive ketones (excluding diaryl/α,β-unsaturated/α-hetero) is 3. The van der Waals surface area contributed by atoms with Gasteiger partial charge < -0.3 is 86.8 Å². The lowest BCUT2D eigenvalue weighted by Crippen LogP contribution is -2.59. The molecule has 1 aliphatic rings. The number of phenols is 2. The maximum atomic E-state index is 15.5. The number of aromatic hydroxyl groups is 2. The minimum atomic E-state index is -1.58. The molecule has 690 valence electrons. The number of hydrogen-bond donors (Lipinski definition) is 10. The Balaban J connectivity index is 1.21. The zero-order chi connectivity index (χ0) is 94.0. The fourth-order valence-corrected chi connectivity index (χ4v) is 16.3. The minimum absolute atomic E-state index is 0.0667. The molecule has 11 atom stereocenters. The number of fused-ring (bicyclic) bond motifs is 1. The average Bonchev–Trinajstić information content (AvgIpc) is 1.77. The molecule has 0 aliphatic carbocycles. The summed E-state index contributed by atoms with van der Waals surface area (Å²) in [7, 11) is 8.00. The van der Waals surface area contributed by atoms with Crippen molar-refractivity contribution >= 4 is 117 Å². The smallest absolute Gasteiger partial charge is 0.293 e. The number of hydrogen-bond acceptors (Lipinski definition) is 21. The van der Waals surface area contributed by atoms with E-state index in [0.29, 0.717) is 57.1 Å². The van der Waals surface area contributed by atoms with Crippen molar-refractivity contribution in [2.45, 2.75) is 165 Å². The third-order valence-corrected chi connectivity index (χ3v) is 23.6. The van der Waals surface area contributed by atoms with Gasteiger partial charge in [-0.15, -0.1) is 11.8 Å². The molecule has 11 N–H and O–H groups in total. The van der Waals surface area contributed by atoms with E-state index in [-0.39, 0.29) is 81.0 Å². The number of nitrogens with one attached hydrogen (secondary N) is 7. The number of para-hydroxylation sites is 1. The molecule has 1 saturated heterocycles. The average molecular weight is 1800 g/mol.